The van der Waals surface area contributed by atoms with Crippen LogP contribution in [0.4, 0.5) is 0 Å². The summed E-state index contributed by atoms with van der Waals surface area (Å²) in [4.78, 5) is 2.40. The Bertz CT molecular complexity index is 164. The fourth-order valence-corrected chi connectivity index (χ4v) is 1.86. The van der Waals surface area contributed by atoms with Crippen LogP contribution in [0, 0.1) is 0 Å². The van der Waals surface area contributed by atoms with Crippen molar-refractivity contribution in [2.45, 2.75) is 39.2 Å². The average molecular weight is 170 g/mol. The van der Waals surface area contributed by atoms with E-state index in [0.29, 0.717) is 6.04 Å². The summed E-state index contributed by atoms with van der Waals surface area (Å²) in [5, 5.41) is 11.8. The number of hydrogen-bond acceptors (Lipinski definition) is 3. The lowest BCUT2D eigenvalue weighted by molar-refractivity contribution is 0.236. The summed E-state index contributed by atoms with van der Waals surface area (Å²) in [5.74, 6) is 0. The van der Waals surface area contributed by atoms with Gasteiger partial charge in [-0.25, -0.2) is 0 Å². The van der Waals surface area contributed by atoms with Gasteiger partial charge in [-0.3, -0.25) is 4.90 Å². The highest BCUT2D eigenvalue weighted by Crippen LogP contribution is 2.14. The molecule has 0 spiro atoms. The van der Waals surface area contributed by atoms with E-state index in [-0.39, 0.29) is 0 Å². The van der Waals surface area contributed by atoms with E-state index in [4.69, 9.17) is 5.21 Å². The van der Waals surface area contributed by atoms with Gasteiger partial charge < -0.3 is 5.21 Å². The molecule has 0 aromatic rings. The predicted molar refractivity (Wildman–Crippen MR) is 49.8 cm³/mol. The molecule has 1 fully saturated rings. The van der Waals surface area contributed by atoms with Gasteiger partial charge in [0.2, 0.25) is 0 Å². The molecule has 1 saturated heterocycles. The van der Waals surface area contributed by atoms with Crippen LogP contribution < -0.4 is 0 Å². The summed E-state index contributed by atoms with van der Waals surface area (Å²) in [6, 6.07) is 0.671. The van der Waals surface area contributed by atoms with E-state index in [9.17, 15) is 0 Å². The zero-order chi connectivity index (χ0) is 8.97. The topological polar surface area (TPSA) is 35.8 Å². The number of likely N-dealkylation sites (tertiary alicyclic amines) is 1. The molecule has 0 bridgehead atoms. The van der Waals surface area contributed by atoms with Crippen molar-refractivity contribution in [1.82, 2.24) is 4.90 Å². The second-order valence-corrected chi connectivity index (χ2v) is 3.36. The summed E-state index contributed by atoms with van der Waals surface area (Å²) < 4.78 is 0. The molecule has 1 rings (SSSR count). The first-order chi connectivity index (χ1) is 5.81. The van der Waals surface area contributed by atoms with Crippen molar-refractivity contribution in [2.75, 3.05) is 13.1 Å². The van der Waals surface area contributed by atoms with Crippen molar-refractivity contribution in [3.8, 4) is 0 Å². The van der Waals surface area contributed by atoms with E-state index in [2.05, 4.69) is 23.9 Å². The monoisotopic (exact) mass is 170 g/mol. The van der Waals surface area contributed by atoms with Crippen LogP contribution in [0.25, 0.3) is 0 Å². The van der Waals surface area contributed by atoms with Gasteiger partial charge in [-0.1, -0.05) is 19.0 Å². The summed E-state index contributed by atoms with van der Waals surface area (Å²) >= 11 is 0. The molecule has 0 radical (unpaired) electrons. The zero-order valence-corrected chi connectivity index (χ0v) is 7.95. The van der Waals surface area contributed by atoms with Crippen molar-refractivity contribution in [3.05, 3.63) is 0 Å². The molecule has 0 saturated carbocycles. The van der Waals surface area contributed by atoms with Gasteiger partial charge in [-0.15, -0.1) is 0 Å². The Morgan fingerprint density at radius 3 is 2.58 bits per heavy atom. The highest BCUT2D eigenvalue weighted by atomic mass is 16.4. The second kappa shape index (κ2) is 4.45. The molecule has 0 atom stereocenters. The molecule has 0 aromatic carbocycles. The Kier molecular flexibility index (Phi) is 3.53. The lowest BCUT2D eigenvalue weighted by atomic mass is 10.1. The maximum absolute atomic E-state index is 8.57. The van der Waals surface area contributed by atoms with Crippen LogP contribution in [-0.4, -0.2) is 35.0 Å². The minimum atomic E-state index is 0.671. The standard InChI is InChI=1S/C9H18N2O/c1-3-9(4-2)11-6-5-8(7-11)10-12/h9,12H,3-7H2,1-2H3/b10-8-. The Hall–Kier alpha value is -0.570. The normalized spacial score (nSPS) is 22.8. The highest BCUT2D eigenvalue weighted by Gasteiger charge is 2.23. The van der Waals surface area contributed by atoms with Crippen LogP contribution in [0.1, 0.15) is 33.1 Å². The predicted octanol–water partition coefficient (Wildman–Crippen LogP) is 1.71. The van der Waals surface area contributed by atoms with Gasteiger partial charge in [0.1, 0.15) is 0 Å². The molecule has 0 aliphatic carbocycles. The maximum Gasteiger partial charge on any atom is 0.0723 e. The molecule has 70 valence electrons. The minimum Gasteiger partial charge on any atom is -0.411 e. The largest absolute Gasteiger partial charge is 0.411 e. The van der Waals surface area contributed by atoms with Gasteiger partial charge in [-0.2, -0.15) is 0 Å². The van der Waals surface area contributed by atoms with Crippen molar-refractivity contribution >= 4 is 5.71 Å². The molecule has 3 nitrogen and oxygen atoms in total. The fourth-order valence-electron chi connectivity index (χ4n) is 1.86. The average Bonchev–Trinajstić information content (AvgIpc) is 2.55. The van der Waals surface area contributed by atoms with Crippen LogP contribution in [-0.2, 0) is 0 Å². The molecule has 3 heteroatoms. The van der Waals surface area contributed by atoms with Gasteiger partial charge in [-0.05, 0) is 12.8 Å². The molecule has 1 N–H and O–H groups in total. The molecule has 1 aliphatic rings. The summed E-state index contributed by atoms with van der Waals surface area (Å²) in [5.41, 5.74) is 0.932. The Labute approximate surface area is 74.1 Å². The molecule has 1 aliphatic heterocycles. The van der Waals surface area contributed by atoms with Crippen LogP contribution >= 0.6 is 0 Å². The molecular weight excluding hydrogens is 152 g/mol. The van der Waals surface area contributed by atoms with Gasteiger partial charge in [0, 0.05) is 25.6 Å². The first-order valence-electron chi connectivity index (χ1n) is 4.75. The molecule has 0 aromatic heterocycles. The number of oxime groups is 1. The molecule has 0 amide bonds. The van der Waals surface area contributed by atoms with E-state index in [1.807, 2.05) is 0 Å². The Morgan fingerprint density at radius 2 is 2.17 bits per heavy atom. The number of nitrogens with zero attached hydrogens (tertiary/aromatic N) is 2. The molecular formula is C9H18N2O. The van der Waals surface area contributed by atoms with Gasteiger partial charge >= 0.3 is 0 Å². The maximum atomic E-state index is 8.57. The molecule has 12 heavy (non-hydrogen) atoms. The van der Waals surface area contributed by atoms with E-state index < -0.39 is 0 Å². The van der Waals surface area contributed by atoms with Crippen molar-refractivity contribution in [1.29, 1.82) is 0 Å². The SMILES string of the molecule is CCC(CC)N1CC/C(=N/O)C1. The molecule has 0 unspecified atom stereocenters. The van der Waals surface area contributed by atoms with E-state index >= 15 is 0 Å². The minimum absolute atomic E-state index is 0.671. The third-order valence-electron chi connectivity index (χ3n) is 2.67. The van der Waals surface area contributed by atoms with E-state index in [1.165, 1.54) is 12.8 Å². The zero-order valence-electron chi connectivity index (χ0n) is 7.95. The van der Waals surface area contributed by atoms with Crippen LogP contribution in [0.15, 0.2) is 5.16 Å². The van der Waals surface area contributed by atoms with E-state index in [1.54, 1.807) is 0 Å². The second-order valence-electron chi connectivity index (χ2n) is 3.36. The summed E-state index contributed by atoms with van der Waals surface area (Å²) in [6.07, 6.45) is 3.32. The van der Waals surface area contributed by atoms with Crippen LogP contribution in [0.2, 0.25) is 0 Å². The first kappa shape index (κ1) is 9.52. The fraction of sp³-hybridized carbons (Fsp3) is 0.889. The summed E-state index contributed by atoms with van der Waals surface area (Å²) in [6.45, 7) is 6.35. The Morgan fingerprint density at radius 1 is 1.50 bits per heavy atom. The van der Waals surface area contributed by atoms with Crippen molar-refractivity contribution in [3.63, 3.8) is 0 Å². The van der Waals surface area contributed by atoms with Crippen molar-refractivity contribution < 1.29 is 5.21 Å². The third kappa shape index (κ3) is 1.97. The Balaban J connectivity index is 2.44. The number of rotatable bonds is 3. The lowest BCUT2D eigenvalue weighted by Gasteiger charge is -2.24. The smallest absolute Gasteiger partial charge is 0.0723 e. The first-order valence-corrected chi connectivity index (χ1v) is 4.75. The van der Waals surface area contributed by atoms with Gasteiger partial charge in [0.25, 0.3) is 0 Å². The number of hydrogen-bond donors (Lipinski definition) is 1. The van der Waals surface area contributed by atoms with Crippen molar-refractivity contribution in [2.24, 2.45) is 5.16 Å². The lowest BCUT2D eigenvalue weighted by Crippen LogP contribution is -2.32. The molecule has 1 heterocycles. The van der Waals surface area contributed by atoms with E-state index in [0.717, 1.165) is 25.2 Å². The van der Waals surface area contributed by atoms with Gasteiger partial charge in [0.15, 0.2) is 0 Å². The third-order valence-corrected chi connectivity index (χ3v) is 2.67. The summed E-state index contributed by atoms with van der Waals surface area (Å²) in [7, 11) is 0. The quantitative estimate of drug-likeness (QED) is 0.517. The van der Waals surface area contributed by atoms with Crippen LogP contribution in [0.3, 0.4) is 0 Å². The van der Waals surface area contributed by atoms with Gasteiger partial charge in [0.05, 0.1) is 5.71 Å². The highest BCUT2D eigenvalue weighted by molar-refractivity contribution is 5.87. The van der Waals surface area contributed by atoms with Crippen LogP contribution in [0.5, 0.6) is 0 Å².